The number of hydrogen-bond donors (Lipinski definition) is 2. The molecule has 0 radical (unpaired) electrons. The summed E-state index contributed by atoms with van der Waals surface area (Å²) < 4.78 is 10.7. The quantitative estimate of drug-likeness (QED) is 0.766. The Morgan fingerprint density at radius 2 is 2.05 bits per heavy atom. The fraction of sp³-hybridized carbons (Fsp3) is 0.571. The molecule has 1 rings (SSSR count). The number of ether oxygens (including phenoxy) is 2. The van der Waals surface area contributed by atoms with E-state index in [4.69, 9.17) is 14.6 Å². The fourth-order valence-electron chi connectivity index (χ4n) is 1.75. The first kappa shape index (κ1) is 16.1. The van der Waals surface area contributed by atoms with Gasteiger partial charge in [-0.15, -0.1) is 0 Å². The molecule has 1 aromatic carbocycles. The minimum Gasteiger partial charge on any atom is -0.497 e. The van der Waals surface area contributed by atoms with E-state index in [1.54, 1.807) is 26.0 Å². The molecular formula is C14H23NO3S. The molecule has 0 aliphatic carbocycles. The highest BCUT2D eigenvalue weighted by molar-refractivity contribution is 7.99. The maximum absolute atomic E-state index is 9.09. The van der Waals surface area contributed by atoms with Crippen LogP contribution in [0.25, 0.3) is 0 Å². The zero-order chi connectivity index (χ0) is 14.3. The Morgan fingerprint density at radius 1 is 1.32 bits per heavy atom. The van der Waals surface area contributed by atoms with Crippen LogP contribution in [0.2, 0.25) is 0 Å². The lowest BCUT2D eigenvalue weighted by atomic mass is 10.1. The van der Waals surface area contributed by atoms with Crippen LogP contribution in [0.1, 0.15) is 18.5 Å². The molecule has 0 aromatic heterocycles. The maximum atomic E-state index is 9.09. The normalized spacial score (nSPS) is 13.9. The molecule has 2 atom stereocenters. The van der Waals surface area contributed by atoms with Crippen LogP contribution >= 0.6 is 11.8 Å². The summed E-state index contributed by atoms with van der Waals surface area (Å²) in [6, 6.07) is 5.95. The van der Waals surface area contributed by atoms with Gasteiger partial charge in [-0.3, -0.25) is 0 Å². The van der Waals surface area contributed by atoms with Crippen molar-refractivity contribution in [2.75, 3.05) is 33.6 Å². The van der Waals surface area contributed by atoms with E-state index in [-0.39, 0.29) is 17.9 Å². The average Bonchev–Trinajstić information content (AvgIpc) is 2.47. The molecule has 0 saturated carbocycles. The second kappa shape index (κ2) is 8.30. The van der Waals surface area contributed by atoms with Gasteiger partial charge in [0.25, 0.3) is 0 Å². The first-order chi connectivity index (χ1) is 9.15. The summed E-state index contributed by atoms with van der Waals surface area (Å²) in [4.78, 5) is 0. The SMILES string of the molecule is CNC(CSC(C)CO)c1cc(OC)ccc1OC. The maximum Gasteiger partial charge on any atom is 0.123 e. The van der Waals surface area contributed by atoms with Crippen molar-refractivity contribution in [3.8, 4) is 11.5 Å². The molecule has 0 spiro atoms. The summed E-state index contributed by atoms with van der Waals surface area (Å²) in [7, 11) is 5.25. The van der Waals surface area contributed by atoms with Crippen LogP contribution in [0.15, 0.2) is 18.2 Å². The molecule has 2 N–H and O–H groups in total. The Bertz CT molecular complexity index is 387. The van der Waals surface area contributed by atoms with Crippen LogP contribution in [0, 0.1) is 0 Å². The van der Waals surface area contributed by atoms with Gasteiger partial charge in [0.1, 0.15) is 11.5 Å². The van der Waals surface area contributed by atoms with Gasteiger partial charge in [0.05, 0.1) is 20.8 Å². The van der Waals surface area contributed by atoms with E-state index < -0.39 is 0 Å². The van der Waals surface area contributed by atoms with Crippen LogP contribution < -0.4 is 14.8 Å². The average molecular weight is 285 g/mol. The lowest BCUT2D eigenvalue weighted by Crippen LogP contribution is -2.21. The molecule has 0 bridgehead atoms. The highest BCUT2D eigenvalue weighted by Crippen LogP contribution is 2.31. The third kappa shape index (κ3) is 4.60. The summed E-state index contributed by atoms with van der Waals surface area (Å²) in [5.41, 5.74) is 1.07. The minimum absolute atomic E-state index is 0.157. The van der Waals surface area contributed by atoms with Crippen molar-refractivity contribution >= 4 is 11.8 Å². The number of benzene rings is 1. The van der Waals surface area contributed by atoms with E-state index in [2.05, 4.69) is 5.32 Å². The minimum atomic E-state index is 0.157. The van der Waals surface area contributed by atoms with Gasteiger partial charge < -0.3 is 19.9 Å². The Hall–Kier alpha value is -0.910. The molecule has 0 heterocycles. The molecule has 19 heavy (non-hydrogen) atoms. The van der Waals surface area contributed by atoms with Crippen molar-refractivity contribution in [3.63, 3.8) is 0 Å². The van der Waals surface area contributed by atoms with Crippen molar-refractivity contribution < 1.29 is 14.6 Å². The van der Waals surface area contributed by atoms with Gasteiger partial charge >= 0.3 is 0 Å². The number of aliphatic hydroxyl groups excluding tert-OH is 1. The smallest absolute Gasteiger partial charge is 0.123 e. The summed E-state index contributed by atoms with van der Waals surface area (Å²) in [6.45, 7) is 2.20. The van der Waals surface area contributed by atoms with Gasteiger partial charge in [-0.05, 0) is 25.2 Å². The van der Waals surface area contributed by atoms with Gasteiger partial charge in [0, 0.05) is 22.6 Å². The number of rotatable bonds is 8. The first-order valence-corrected chi connectivity index (χ1v) is 7.32. The summed E-state index contributed by atoms with van der Waals surface area (Å²) in [5.74, 6) is 2.52. The topological polar surface area (TPSA) is 50.7 Å². The Morgan fingerprint density at radius 3 is 2.58 bits per heavy atom. The third-order valence-corrected chi connectivity index (χ3v) is 4.21. The highest BCUT2D eigenvalue weighted by Gasteiger charge is 2.16. The summed E-state index contributed by atoms with van der Waals surface area (Å²) >= 11 is 1.73. The van der Waals surface area contributed by atoms with Gasteiger partial charge in [0.2, 0.25) is 0 Å². The standard InChI is InChI=1S/C14H23NO3S/c1-10(8-16)19-9-13(15-2)12-7-11(17-3)5-6-14(12)18-4/h5-7,10,13,15-16H,8-9H2,1-4H3. The first-order valence-electron chi connectivity index (χ1n) is 6.27. The molecule has 108 valence electrons. The monoisotopic (exact) mass is 285 g/mol. The van der Waals surface area contributed by atoms with Crippen LogP contribution in [-0.4, -0.2) is 44.0 Å². The van der Waals surface area contributed by atoms with E-state index in [0.29, 0.717) is 0 Å². The van der Waals surface area contributed by atoms with Gasteiger partial charge in [-0.2, -0.15) is 11.8 Å². The van der Waals surface area contributed by atoms with Crippen LogP contribution in [0.5, 0.6) is 11.5 Å². The third-order valence-electron chi connectivity index (χ3n) is 2.97. The summed E-state index contributed by atoms with van der Waals surface area (Å²) in [6.07, 6.45) is 0. The molecule has 1 aromatic rings. The summed E-state index contributed by atoms with van der Waals surface area (Å²) in [5, 5.41) is 12.6. The number of nitrogens with one attached hydrogen (secondary N) is 1. The van der Waals surface area contributed by atoms with Crippen molar-refractivity contribution in [2.24, 2.45) is 0 Å². The largest absolute Gasteiger partial charge is 0.497 e. The zero-order valence-electron chi connectivity index (χ0n) is 12.0. The number of thioether (sulfide) groups is 1. The molecule has 0 amide bonds. The number of hydrogen-bond acceptors (Lipinski definition) is 5. The molecule has 0 aliphatic heterocycles. The molecule has 4 nitrogen and oxygen atoms in total. The van der Waals surface area contributed by atoms with E-state index in [0.717, 1.165) is 22.8 Å². The van der Waals surface area contributed by atoms with Crippen molar-refractivity contribution in [3.05, 3.63) is 23.8 Å². The molecular weight excluding hydrogens is 262 g/mol. The van der Waals surface area contributed by atoms with Crippen molar-refractivity contribution in [1.82, 2.24) is 5.32 Å². The number of aliphatic hydroxyl groups is 1. The van der Waals surface area contributed by atoms with Gasteiger partial charge in [0.15, 0.2) is 0 Å². The molecule has 5 heteroatoms. The van der Waals surface area contributed by atoms with Gasteiger partial charge in [-0.1, -0.05) is 6.92 Å². The predicted octanol–water partition coefficient (Wildman–Crippen LogP) is 2.08. The molecule has 2 unspecified atom stereocenters. The lowest BCUT2D eigenvalue weighted by Gasteiger charge is -2.21. The zero-order valence-corrected chi connectivity index (χ0v) is 12.8. The van der Waals surface area contributed by atoms with Crippen molar-refractivity contribution in [2.45, 2.75) is 18.2 Å². The second-order valence-corrected chi connectivity index (χ2v) is 5.75. The van der Waals surface area contributed by atoms with E-state index in [9.17, 15) is 0 Å². The Labute approximate surface area is 119 Å². The number of methoxy groups -OCH3 is 2. The molecule has 0 fully saturated rings. The van der Waals surface area contributed by atoms with E-state index >= 15 is 0 Å². The van der Waals surface area contributed by atoms with Crippen LogP contribution in [-0.2, 0) is 0 Å². The predicted molar refractivity (Wildman–Crippen MR) is 80.4 cm³/mol. The van der Waals surface area contributed by atoms with E-state index in [1.165, 1.54) is 0 Å². The molecule has 0 aliphatic rings. The Balaban J connectivity index is 2.89. The van der Waals surface area contributed by atoms with E-state index in [1.807, 2.05) is 32.2 Å². The lowest BCUT2D eigenvalue weighted by molar-refractivity contribution is 0.300. The second-order valence-electron chi connectivity index (χ2n) is 4.28. The Kier molecular flexibility index (Phi) is 7.05. The highest BCUT2D eigenvalue weighted by atomic mass is 32.2. The van der Waals surface area contributed by atoms with Crippen molar-refractivity contribution in [1.29, 1.82) is 0 Å². The molecule has 0 saturated heterocycles. The van der Waals surface area contributed by atoms with Crippen LogP contribution in [0.4, 0.5) is 0 Å². The van der Waals surface area contributed by atoms with Gasteiger partial charge in [-0.25, -0.2) is 0 Å². The fourth-order valence-corrected chi connectivity index (χ4v) is 2.73. The van der Waals surface area contributed by atoms with Crippen LogP contribution in [0.3, 0.4) is 0 Å².